The van der Waals surface area contributed by atoms with Gasteiger partial charge in [-0.2, -0.15) is 0 Å². The van der Waals surface area contributed by atoms with Crippen molar-refractivity contribution in [1.29, 1.82) is 0 Å². The highest BCUT2D eigenvalue weighted by molar-refractivity contribution is 6.30. The smallest absolute Gasteiger partial charge is 0.272 e. The standard InChI is InChI=1S/C24H24ClN3O4/c1-31-22-13-19(8-9-21(22)32-15-23(29)28-10-2-3-11-28)27-24(30)20-12-17(14-26-20)16-4-6-18(25)7-5-16/h4-9,12-14,26H,2-3,10-11,15H2,1H3,(H,27,30). The monoisotopic (exact) mass is 453 g/mol. The second kappa shape index (κ2) is 9.78. The van der Waals surface area contributed by atoms with Crippen molar-refractivity contribution in [3.63, 3.8) is 0 Å². The first-order chi connectivity index (χ1) is 15.5. The molecule has 2 N–H and O–H groups in total. The molecule has 2 aromatic carbocycles. The normalized spacial score (nSPS) is 13.1. The highest BCUT2D eigenvalue weighted by Crippen LogP contribution is 2.31. The summed E-state index contributed by atoms with van der Waals surface area (Å²) in [6.45, 7) is 1.52. The van der Waals surface area contributed by atoms with Gasteiger partial charge in [0.1, 0.15) is 5.69 Å². The van der Waals surface area contributed by atoms with Crippen LogP contribution in [0.2, 0.25) is 5.02 Å². The van der Waals surface area contributed by atoms with Crippen molar-refractivity contribution in [3.05, 3.63) is 65.4 Å². The second-order valence-electron chi connectivity index (χ2n) is 7.51. The van der Waals surface area contributed by atoms with Crippen LogP contribution in [0.15, 0.2) is 54.7 Å². The summed E-state index contributed by atoms with van der Waals surface area (Å²) in [5.74, 6) is 0.559. The molecule has 3 aromatic rings. The number of carbonyl (C=O) groups excluding carboxylic acids is 2. The fourth-order valence-corrected chi connectivity index (χ4v) is 3.72. The molecular formula is C24H24ClN3O4. The van der Waals surface area contributed by atoms with Gasteiger partial charge < -0.3 is 24.7 Å². The van der Waals surface area contributed by atoms with Gasteiger partial charge in [-0.15, -0.1) is 0 Å². The van der Waals surface area contributed by atoms with Gasteiger partial charge in [0.2, 0.25) is 0 Å². The number of benzene rings is 2. The Morgan fingerprint density at radius 3 is 2.50 bits per heavy atom. The fraction of sp³-hybridized carbons (Fsp3) is 0.250. The Bertz CT molecular complexity index is 1100. The molecule has 0 unspecified atom stereocenters. The molecule has 1 aromatic heterocycles. The van der Waals surface area contributed by atoms with Crippen molar-refractivity contribution < 1.29 is 19.1 Å². The number of methoxy groups -OCH3 is 1. The molecular weight excluding hydrogens is 430 g/mol. The van der Waals surface area contributed by atoms with Gasteiger partial charge in [-0.1, -0.05) is 23.7 Å². The summed E-state index contributed by atoms with van der Waals surface area (Å²) in [7, 11) is 1.51. The van der Waals surface area contributed by atoms with E-state index in [4.69, 9.17) is 21.1 Å². The van der Waals surface area contributed by atoms with E-state index >= 15 is 0 Å². The Morgan fingerprint density at radius 1 is 1.03 bits per heavy atom. The summed E-state index contributed by atoms with van der Waals surface area (Å²) in [5, 5.41) is 3.50. The third-order valence-corrected chi connectivity index (χ3v) is 5.59. The molecule has 0 radical (unpaired) electrons. The van der Waals surface area contributed by atoms with Gasteiger partial charge in [-0.25, -0.2) is 0 Å². The predicted octanol–water partition coefficient (Wildman–Crippen LogP) is 4.60. The van der Waals surface area contributed by atoms with Crippen molar-refractivity contribution in [3.8, 4) is 22.6 Å². The highest BCUT2D eigenvalue weighted by Gasteiger charge is 2.19. The van der Waals surface area contributed by atoms with Crippen LogP contribution in [0, 0.1) is 0 Å². The maximum absolute atomic E-state index is 12.7. The van der Waals surface area contributed by atoms with Crippen molar-refractivity contribution >= 4 is 29.1 Å². The van der Waals surface area contributed by atoms with Gasteiger partial charge >= 0.3 is 0 Å². The Labute approximate surface area is 191 Å². The molecule has 1 saturated heterocycles. The zero-order valence-corrected chi connectivity index (χ0v) is 18.4. The first-order valence-corrected chi connectivity index (χ1v) is 10.8. The van der Waals surface area contributed by atoms with Crippen LogP contribution in [0.25, 0.3) is 11.1 Å². The van der Waals surface area contributed by atoms with E-state index in [1.54, 1.807) is 47.5 Å². The average molecular weight is 454 g/mol. The van der Waals surface area contributed by atoms with Gasteiger partial charge in [-0.05, 0) is 54.3 Å². The van der Waals surface area contributed by atoms with Crippen LogP contribution in [-0.2, 0) is 4.79 Å². The minimum absolute atomic E-state index is 0.0369. The molecule has 1 fully saturated rings. The van der Waals surface area contributed by atoms with Gasteiger partial charge in [0.15, 0.2) is 18.1 Å². The topological polar surface area (TPSA) is 83.7 Å². The van der Waals surface area contributed by atoms with Crippen LogP contribution >= 0.6 is 11.6 Å². The maximum Gasteiger partial charge on any atom is 0.272 e. The molecule has 0 atom stereocenters. The Hall–Kier alpha value is -3.45. The third kappa shape index (κ3) is 5.06. The van der Waals surface area contributed by atoms with Gasteiger partial charge in [-0.3, -0.25) is 9.59 Å². The number of carbonyl (C=O) groups is 2. The molecule has 8 heteroatoms. The summed E-state index contributed by atoms with van der Waals surface area (Å²) in [5.41, 5.74) is 2.81. The van der Waals surface area contributed by atoms with E-state index in [0.717, 1.165) is 37.1 Å². The predicted molar refractivity (Wildman–Crippen MR) is 123 cm³/mol. The van der Waals surface area contributed by atoms with Crippen LogP contribution in [0.4, 0.5) is 5.69 Å². The Kier molecular flexibility index (Phi) is 6.66. The van der Waals surface area contributed by atoms with Gasteiger partial charge in [0.05, 0.1) is 7.11 Å². The first-order valence-electron chi connectivity index (χ1n) is 10.4. The lowest BCUT2D eigenvalue weighted by Gasteiger charge is -2.17. The molecule has 0 aliphatic carbocycles. The number of rotatable bonds is 7. The second-order valence-corrected chi connectivity index (χ2v) is 7.94. The molecule has 4 rings (SSSR count). The fourth-order valence-electron chi connectivity index (χ4n) is 3.59. The molecule has 0 bridgehead atoms. The van der Waals surface area contributed by atoms with Crippen LogP contribution in [0.5, 0.6) is 11.5 Å². The van der Waals surface area contributed by atoms with Gasteiger partial charge in [0.25, 0.3) is 11.8 Å². The van der Waals surface area contributed by atoms with Crippen molar-refractivity contribution in [2.45, 2.75) is 12.8 Å². The van der Waals surface area contributed by atoms with E-state index in [-0.39, 0.29) is 18.4 Å². The third-order valence-electron chi connectivity index (χ3n) is 5.34. The van der Waals surface area contributed by atoms with Gasteiger partial charge in [0, 0.05) is 36.1 Å². The molecule has 2 heterocycles. The zero-order chi connectivity index (χ0) is 22.5. The van der Waals surface area contributed by atoms with Crippen molar-refractivity contribution in [2.24, 2.45) is 0 Å². The molecule has 0 spiro atoms. The highest BCUT2D eigenvalue weighted by atomic mass is 35.5. The molecule has 0 saturated carbocycles. The lowest BCUT2D eigenvalue weighted by atomic mass is 10.1. The number of amides is 2. The van der Waals surface area contributed by atoms with E-state index in [1.807, 2.05) is 12.1 Å². The van der Waals surface area contributed by atoms with E-state index < -0.39 is 0 Å². The Balaban J connectivity index is 1.40. The number of halogens is 1. The van der Waals surface area contributed by atoms with E-state index in [1.165, 1.54) is 7.11 Å². The minimum Gasteiger partial charge on any atom is -0.493 e. The number of anilines is 1. The zero-order valence-electron chi connectivity index (χ0n) is 17.7. The number of hydrogen-bond acceptors (Lipinski definition) is 4. The largest absolute Gasteiger partial charge is 0.493 e. The lowest BCUT2D eigenvalue weighted by Crippen LogP contribution is -2.32. The summed E-state index contributed by atoms with van der Waals surface area (Å²) < 4.78 is 11.0. The SMILES string of the molecule is COc1cc(NC(=O)c2cc(-c3ccc(Cl)cc3)c[nH]2)ccc1OCC(=O)N1CCCC1. The maximum atomic E-state index is 12.7. The number of hydrogen-bond donors (Lipinski definition) is 2. The molecule has 2 amide bonds. The van der Waals surface area contributed by atoms with Crippen molar-refractivity contribution in [1.82, 2.24) is 9.88 Å². The lowest BCUT2D eigenvalue weighted by molar-refractivity contribution is -0.132. The summed E-state index contributed by atoms with van der Waals surface area (Å²) in [6, 6.07) is 14.2. The number of nitrogens with zero attached hydrogens (tertiary/aromatic N) is 1. The number of aromatic amines is 1. The summed E-state index contributed by atoms with van der Waals surface area (Å²) in [6.07, 6.45) is 3.84. The first kappa shape index (κ1) is 21.8. The van der Waals surface area contributed by atoms with Crippen LogP contribution in [-0.4, -0.2) is 48.5 Å². The molecule has 166 valence electrons. The molecule has 32 heavy (non-hydrogen) atoms. The summed E-state index contributed by atoms with van der Waals surface area (Å²) >= 11 is 5.94. The van der Waals surface area contributed by atoms with E-state index in [0.29, 0.717) is 27.9 Å². The number of ether oxygens (including phenoxy) is 2. The van der Waals surface area contributed by atoms with E-state index in [9.17, 15) is 9.59 Å². The number of aromatic nitrogens is 1. The Morgan fingerprint density at radius 2 is 1.78 bits per heavy atom. The van der Waals surface area contributed by atoms with E-state index in [2.05, 4.69) is 10.3 Å². The molecule has 1 aliphatic rings. The molecule has 7 nitrogen and oxygen atoms in total. The number of H-pyrrole nitrogens is 1. The molecule has 1 aliphatic heterocycles. The van der Waals surface area contributed by atoms with Crippen LogP contribution in [0.3, 0.4) is 0 Å². The van der Waals surface area contributed by atoms with Crippen molar-refractivity contribution in [2.75, 3.05) is 32.1 Å². The van der Waals surface area contributed by atoms with Crippen LogP contribution < -0.4 is 14.8 Å². The average Bonchev–Trinajstić information content (AvgIpc) is 3.51. The number of nitrogens with one attached hydrogen (secondary N) is 2. The summed E-state index contributed by atoms with van der Waals surface area (Å²) in [4.78, 5) is 29.7. The van der Waals surface area contributed by atoms with Crippen LogP contribution in [0.1, 0.15) is 23.3 Å². The quantitative estimate of drug-likeness (QED) is 0.547. The number of likely N-dealkylation sites (tertiary alicyclic amines) is 1. The minimum atomic E-state index is -0.287.